The van der Waals surface area contributed by atoms with Crippen molar-refractivity contribution in [1.82, 2.24) is 0 Å². The summed E-state index contributed by atoms with van der Waals surface area (Å²) in [4.78, 5) is 0. The van der Waals surface area contributed by atoms with Gasteiger partial charge in [0.2, 0.25) is 0 Å². The van der Waals surface area contributed by atoms with Crippen LogP contribution in [0.3, 0.4) is 0 Å². The summed E-state index contributed by atoms with van der Waals surface area (Å²) in [5.41, 5.74) is -0.208. The van der Waals surface area contributed by atoms with Crippen molar-refractivity contribution < 1.29 is 9.84 Å². The van der Waals surface area contributed by atoms with E-state index in [1.165, 1.54) is 12.8 Å². The quantitative estimate of drug-likeness (QED) is 0.728. The zero-order valence-corrected chi connectivity index (χ0v) is 10.9. The van der Waals surface area contributed by atoms with Crippen LogP contribution < -0.4 is 0 Å². The lowest BCUT2D eigenvalue weighted by molar-refractivity contribution is 0.0716. The highest BCUT2D eigenvalue weighted by Gasteiger charge is 2.37. The molecule has 0 amide bonds. The molecule has 0 aromatic rings. The molecule has 0 aromatic carbocycles. The largest absolute Gasteiger partial charge is 0.390 e. The predicted octanol–water partition coefficient (Wildman–Crippen LogP) is 3.38. The first-order valence-corrected chi connectivity index (χ1v) is 6.46. The first-order chi connectivity index (χ1) is 7.16. The molecular formula is C13H28O2. The number of hydrogen-bond donors (Lipinski definition) is 1. The van der Waals surface area contributed by atoms with Crippen LogP contribution in [0.1, 0.15) is 59.8 Å². The third-order valence-electron chi connectivity index (χ3n) is 3.00. The molecule has 2 fully saturated rings. The Morgan fingerprint density at radius 3 is 1.80 bits per heavy atom. The SMILES string of the molecule is CC.CC1CCOCC1.CCC1(O)CC1. The fraction of sp³-hybridized carbons (Fsp3) is 1.00. The number of aliphatic hydroxyl groups is 1. The zero-order valence-electron chi connectivity index (χ0n) is 10.9. The molecule has 0 bridgehead atoms. The van der Waals surface area contributed by atoms with Gasteiger partial charge in [0.15, 0.2) is 0 Å². The summed E-state index contributed by atoms with van der Waals surface area (Å²) in [7, 11) is 0. The van der Waals surface area contributed by atoms with Crippen LogP contribution in [0.15, 0.2) is 0 Å². The maximum atomic E-state index is 8.94. The third-order valence-corrected chi connectivity index (χ3v) is 3.00. The average molecular weight is 216 g/mol. The summed E-state index contributed by atoms with van der Waals surface area (Å²) >= 11 is 0. The Hall–Kier alpha value is -0.0800. The van der Waals surface area contributed by atoms with E-state index in [0.29, 0.717) is 0 Å². The van der Waals surface area contributed by atoms with E-state index in [4.69, 9.17) is 9.84 Å². The molecule has 0 aromatic heterocycles. The van der Waals surface area contributed by atoms with Crippen molar-refractivity contribution in [2.75, 3.05) is 13.2 Å². The molecule has 1 saturated carbocycles. The molecule has 0 spiro atoms. The number of rotatable bonds is 1. The van der Waals surface area contributed by atoms with E-state index in [0.717, 1.165) is 38.4 Å². The van der Waals surface area contributed by atoms with Gasteiger partial charge in [-0.25, -0.2) is 0 Å². The van der Waals surface area contributed by atoms with Gasteiger partial charge >= 0.3 is 0 Å². The Labute approximate surface area is 95.0 Å². The Kier molecular flexibility index (Phi) is 8.07. The summed E-state index contributed by atoms with van der Waals surface area (Å²) in [6.45, 7) is 10.3. The predicted molar refractivity (Wildman–Crippen MR) is 65.0 cm³/mol. The average Bonchev–Trinajstić information content (AvgIpc) is 3.02. The van der Waals surface area contributed by atoms with Gasteiger partial charge in [-0.05, 0) is 38.0 Å². The van der Waals surface area contributed by atoms with Crippen LogP contribution in [0, 0.1) is 5.92 Å². The topological polar surface area (TPSA) is 29.5 Å². The van der Waals surface area contributed by atoms with Gasteiger partial charge in [-0.2, -0.15) is 0 Å². The van der Waals surface area contributed by atoms with Gasteiger partial charge in [0.1, 0.15) is 0 Å². The first kappa shape index (κ1) is 14.9. The number of ether oxygens (including phenoxy) is 1. The van der Waals surface area contributed by atoms with Crippen molar-refractivity contribution in [2.45, 2.75) is 65.4 Å². The highest BCUT2D eigenvalue weighted by molar-refractivity contribution is 4.91. The maximum absolute atomic E-state index is 8.94. The molecule has 1 aliphatic carbocycles. The molecule has 2 aliphatic rings. The van der Waals surface area contributed by atoms with Crippen LogP contribution in [0.5, 0.6) is 0 Å². The third kappa shape index (κ3) is 7.80. The van der Waals surface area contributed by atoms with Crippen molar-refractivity contribution in [3.05, 3.63) is 0 Å². The molecule has 0 radical (unpaired) electrons. The highest BCUT2D eigenvalue weighted by atomic mass is 16.5. The molecular weight excluding hydrogens is 188 g/mol. The molecule has 2 nitrogen and oxygen atoms in total. The molecule has 1 saturated heterocycles. The summed E-state index contributed by atoms with van der Waals surface area (Å²) in [5, 5.41) is 8.94. The van der Waals surface area contributed by atoms with E-state index in [9.17, 15) is 0 Å². The van der Waals surface area contributed by atoms with Crippen LogP contribution in [-0.2, 0) is 4.74 Å². The minimum atomic E-state index is -0.208. The van der Waals surface area contributed by atoms with Crippen LogP contribution >= 0.6 is 0 Å². The second kappa shape index (κ2) is 8.12. The van der Waals surface area contributed by atoms with Crippen LogP contribution in [0.2, 0.25) is 0 Å². The molecule has 0 unspecified atom stereocenters. The van der Waals surface area contributed by atoms with Crippen molar-refractivity contribution in [3.63, 3.8) is 0 Å². The zero-order chi connectivity index (χ0) is 11.7. The van der Waals surface area contributed by atoms with E-state index < -0.39 is 0 Å². The van der Waals surface area contributed by atoms with Gasteiger partial charge in [0.05, 0.1) is 5.60 Å². The lowest BCUT2D eigenvalue weighted by Crippen LogP contribution is -2.12. The molecule has 15 heavy (non-hydrogen) atoms. The van der Waals surface area contributed by atoms with Crippen molar-refractivity contribution in [1.29, 1.82) is 0 Å². The normalized spacial score (nSPS) is 23.0. The molecule has 2 heteroatoms. The maximum Gasteiger partial charge on any atom is 0.0647 e. The van der Waals surface area contributed by atoms with Crippen molar-refractivity contribution >= 4 is 0 Å². The summed E-state index contributed by atoms with van der Waals surface area (Å²) in [5.74, 6) is 0.911. The molecule has 92 valence electrons. The smallest absolute Gasteiger partial charge is 0.0647 e. The Morgan fingerprint density at radius 1 is 1.20 bits per heavy atom. The van der Waals surface area contributed by atoms with Gasteiger partial charge in [0, 0.05) is 13.2 Å². The van der Waals surface area contributed by atoms with Crippen LogP contribution in [-0.4, -0.2) is 23.9 Å². The summed E-state index contributed by atoms with van der Waals surface area (Å²) in [6.07, 6.45) is 5.53. The van der Waals surface area contributed by atoms with Gasteiger partial charge in [0.25, 0.3) is 0 Å². The Morgan fingerprint density at radius 2 is 1.67 bits per heavy atom. The molecule has 0 atom stereocenters. The summed E-state index contributed by atoms with van der Waals surface area (Å²) in [6, 6.07) is 0. The Balaban J connectivity index is 0.000000227. The van der Waals surface area contributed by atoms with Crippen molar-refractivity contribution in [3.8, 4) is 0 Å². The second-order valence-electron chi connectivity index (χ2n) is 4.37. The van der Waals surface area contributed by atoms with Crippen LogP contribution in [0.25, 0.3) is 0 Å². The lowest BCUT2D eigenvalue weighted by atomic mass is 10.0. The van der Waals surface area contributed by atoms with Crippen LogP contribution in [0.4, 0.5) is 0 Å². The minimum absolute atomic E-state index is 0.208. The Bertz CT molecular complexity index is 135. The van der Waals surface area contributed by atoms with Gasteiger partial charge in [-0.3, -0.25) is 0 Å². The van der Waals surface area contributed by atoms with E-state index in [-0.39, 0.29) is 5.60 Å². The van der Waals surface area contributed by atoms with E-state index >= 15 is 0 Å². The molecule has 1 aliphatic heterocycles. The van der Waals surface area contributed by atoms with E-state index in [2.05, 4.69) is 6.92 Å². The summed E-state index contributed by atoms with van der Waals surface area (Å²) < 4.78 is 5.14. The van der Waals surface area contributed by atoms with Gasteiger partial charge in [-0.15, -0.1) is 0 Å². The van der Waals surface area contributed by atoms with Gasteiger partial charge in [-0.1, -0.05) is 27.7 Å². The standard InChI is InChI=1S/C6H12O.C5H10O.C2H6/c1-6-2-4-7-5-3-6;1-2-5(6)3-4-5;1-2/h6H,2-5H2,1H3;6H,2-4H2,1H3;1-2H3. The van der Waals surface area contributed by atoms with Gasteiger partial charge < -0.3 is 9.84 Å². The molecule has 1 heterocycles. The van der Waals surface area contributed by atoms with E-state index in [1.807, 2.05) is 20.8 Å². The van der Waals surface area contributed by atoms with E-state index in [1.54, 1.807) is 0 Å². The monoisotopic (exact) mass is 216 g/mol. The highest BCUT2D eigenvalue weighted by Crippen LogP contribution is 2.37. The molecule has 1 N–H and O–H groups in total. The second-order valence-corrected chi connectivity index (χ2v) is 4.37. The lowest BCUT2D eigenvalue weighted by Gasteiger charge is -2.16. The van der Waals surface area contributed by atoms with Crippen molar-refractivity contribution in [2.24, 2.45) is 5.92 Å². The number of hydrogen-bond acceptors (Lipinski definition) is 2. The fourth-order valence-electron chi connectivity index (χ4n) is 1.31. The fourth-order valence-corrected chi connectivity index (χ4v) is 1.31. The first-order valence-electron chi connectivity index (χ1n) is 6.46. The minimum Gasteiger partial charge on any atom is -0.390 e. The molecule has 2 rings (SSSR count).